The molecule has 5 rings (SSSR count). The van der Waals surface area contributed by atoms with Crippen molar-refractivity contribution >= 4 is 15.7 Å². The molecule has 30 heavy (non-hydrogen) atoms. The Labute approximate surface area is 175 Å². The van der Waals surface area contributed by atoms with Crippen LogP contribution in [0.4, 0.5) is 5.88 Å². The second kappa shape index (κ2) is 7.36. The van der Waals surface area contributed by atoms with Crippen molar-refractivity contribution < 1.29 is 22.3 Å². The van der Waals surface area contributed by atoms with Gasteiger partial charge in [0.05, 0.1) is 4.90 Å². The minimum Gasteiger partial charge on any atom is -0.486 e. The first-order chi connectivity index (χ1) is 14.5. The lowest BCUT2D eigenvalue weighted by atomic mass is 10.1. The Balaban J connectivity index is 1.64. The van der Waals surface area contributed by atoms with Crippen LogP contribution in [0, 0.1) is 6.92 Å². The number of benzene rings is 2. The van der Waals surface area contributed by atoms with E-state index in [9.17, 15) is 8.42 Å². The average Bonchev–Trinajstić information content (AvgIpc) is 3.44. The summed E-state index contributed by atoms with van der Waals surface area (Å²) in [6, 6.07) is 12.3. The number of anilines is 1. The molecule has 0 unspecified atom stereocenters. The first-order valence-electron chi connectivity index (χ1n) is 10.0. The molecule has 8 heteroatoms. The van der Waals surface area contributed by atoms with Crippen LogP contribution in [0.15, 0.2) is 56.8 Å². The monoisotopic (exact) mass is 426 g/mol. The first-order valence-corrected chi connectivity index (χ1v) is 11.5. The molecular formula is C22H22N2O5S. The molecule has 2 aromatic carbocycles. The molecule has 1 fully saturated rings. The van der Waals surface area contributed by atoms with Crippen LogP contribution >= 0.6 is 0 Å². The highest BCUT2D eigenvalue weighted by atomic mass is 32.2. The van der Waals surface area contributed by atoms with E-state index in [-0.39, 0.29) is 9.92 Å². The van der Waals surface area contributed by atoms with Crippen molar-refractivity contribution in [1.82, 2.24) is 4.98 Å². The lowest BCUT2D eigenvalue weighted by Gasteiger charge is -2.19. The third-order valence-electron chi connectivity index (χ3n) is 5.43. The van der Waals surface area contributed by atoms with Crippen LogP contribution in [0.5, 0.6) is 11.5 Å². The minimum atomic E-state index is -3.92. The second-order valence-electron chi connectivity index (χ2n) is 7.45. The summed E-state index contributed by atoms with van der Waals surface area (Å²) in [5.41, 5.74) is 1.75. The maximum absolute atomic E-state index is 13.6. The number of hydrogen-bond acceptors (Lipinski definition) is 7. The van der Waals surface area contributed by atoms with Gasteiger partial charge in [-0.2, -0.15) is 4.98 Å². The van der Waals surface area contributed by atoms with E-state index < -0.39 is 9.84 Å². The number of oxazole rings is 1. The zero-order valence-corrected chi connectivity index (χ0v) is 17.4. The summed E-state index contributed by atoms with van der Waals surface area (Å²) >= 11 is 0. The van der Waals surface area contributed by atoms with Crippen molar-refractivity contribution in [1.29, 1.82) is 0 Å². The Morgan fingerprint density at radius 1 is 0.967 bits per heavy atom. The van der Waals surface area contributed by atoms with E-state index in [0.717, 1.165) is 37.1 Å². The SMILES string of the molecule is Cc1ccccc1-c1nc(S(=O)(=O)c2ccc3c(c2)OCCO3)c(N2CCCC2)o1. The fraction of sp³-hybridized carbons (Fsp3) is 0.318. The maximum Gasteiger partial charge on any atom is 0.236 e. The lowest BCUT2D eigenvalue weighted by Crippen LogP contribution is -2.20. The van der Waals surface area contributed by atoms with E-state index in [1.807, 2.05) is 36.1 Å². The zero-order chi connectivity index (χ0) is 20.7. The largest absolute Gasteiger partial charge is 0.486 e. The van der Waals surface area contributed by atoms with Crippen molar-refractivity contribution in [2.24, 2.45) is 0 Å². The van der Waals surface area contributed by atoms with Gasteiger partial charge in [-0.1, -0.05) is 18.2 Å². The molecule has 1 saturated heterocycles. The highest BCUT2D eigenvalue weighted by molar-refractivity contribution is 7.91. The van der Waals surface area contributed by atoms with Gasteiger partial charge in [-0.15, -0.1) is 0 Å². The number of fused-ring (bicyclic) bond motifs is 1. The number of nitrogens with zero attached hydrogens (tertiary/aromatic N) is 2. The van der Waals surface area contributed by atoms with Gasteiger partial charge >= 0.3 is 0 Å². The van der Waals surface area contributed by atoms with E-state index in [4.69, 9.17) is 13.9 Å². The van der Waals surface area contributed by atoms with Gasteiger partial charge in [0.2, 0.25) is 26.6 Å². The van der Waals surface area contributed by atoms with Crippen molar-refractivity contribution in [3.05, 3.63) is 48.0 Å². The van der Waals surface area contributed by atoms with Gasteiger partial charge in [0.15, 0.2) is 11.5 Å². The number of aromatic nitrogens is 1. The summed E-state index contributed by atoms with van der Waals surface area (Å²) in [7, 11) is -3.92. The summed E-state index contributed by atoms with van der Waals surface area (Å²) in [4.78, 5) is 6.54. The summed E-state index contributed by atoms with van der Waals surface area (Å²) in [6.07, 6.45) is 1.98. The van der Waals surface area contributed by atoms with Gasteiger partial charge in [0.1, 0.15) is 13.2 Å². The number of hydrogen-bond donors (Lipinski definition) is 0. The normalized spacial score (nSPS) is 16.1. The number of rotatable bonds is 4. The molecule has 0 aliphatic carbocycles. The molecule has 156 valence electrons. The van der Waals surface area contributed by atoms with Gasteiger partial charge in [0.25, 0.3) is 0 Å². The van der Waals surface area contributed by atoms with Gasteiger partial charge in [-0.3, -0.25) is 0 Å². The van der Waals surface area contributed by atoms with Crippen LogP contribution in [0.25, 0.3) is 11.5 Å². The fourth-order valence-corrected chi connectivity index (χ4v) is 5.16. The lowest BCUT2D eigenvalue weighted by molar-refractivity contribution is 0.171. The molecule has 0 bridgehead atoms. The van der Waals surface area contributed by atoms with Gasteiger partial charge in [-0.25, -0.2) is 8.42 Å². The van der Waals surface area contributed by atoms with E-state index in [1.165, 1.54) is 12.1 Å². The number of ether oxygens (including phenoxy) is 2. The topological polar surface area (TPSA) is 81.9 Å². The van der Waals surface area contributed by atoms with Gasteiger partial charge < -0.3 is 18.8 Å². The predicted molar refractivity (Wildman–Crippen MR) is 111 cm³/mol. The molecule has 7 nitrogen and oxygen atoms in total. The molecule has 0 saturated carbocycles. The van der Waals surface area contributed by atoms with Crippen LogP contribution in [-0.2, 0) is 9.84 Å². The standard InChI is InChI=1S/C22H22N2O5S/c1-15-6-2-3-7-17(15)20-23-21(22(29-20)24-10-4-5-11-24)30(25,26)16-8-9-18-19(14-16)28-13-12-27-18/h2-3,6-9,14H,4-5,10-13H2,1H3. The Bertz CT molecular complexity index is 1200. The molecule has 3 heterocycles. The average molecular weight is 426 g/mol. The smallest absolute Gasteiger partial charge is 0.236 e. The molecule has 0 N–H and O–H groups in total. The Morgan fingerprint density at radius 2 is 1.70 bits per heavy atom. The maximum atomic E-state index is 13.6. The molecular weight excluding hydrogens is 404 g/mol. The third-order valence-corrected chi connectivity index (χ3v) is 7.08. The van der Waals surface area contributed by atoms with Crippen molar-refractivity contribution in [3.8, 4) is 23.0 Å². The van der Waals surface area contributed by atoms with E-state index in [1.54, 1.807) is 6.07 Å². The first kappa shape index (κ1) is 19.0. The quantitative estimate of drug-likeness (QED) is 0.627. The molecule has 0 radical (unpaired) electrons. The van der Waals surface area contributed by atoms with Gasteiger partial charge in [-0.05, 0) is 43.5 Å². The van der Waals surface area contributed by atoms with E-state index in [2.05, 4.69) is 4.98 Å². The summed E-state index contributed by atoms with van der Waals surface area (Å²) in [5, 5.41) is -0.0562. The highest BCUT2D eigenvalue weighted by Crippen LogP contribution is 2.39. The highest BCUT2D eigenvalue weighted by Gasteiger charge is 2.33. The Kier molecular flexibility index (Phi) is 4.66. The van der Waals surface area contributed by atoms with Crippen molar-refractivity contribution in [3.63, 3.8) is 0 Å². The zero-order valence-electron chi connectivity index (χ0n) is 16.6. The number of aryl methyl sites for hydroxylation is 1. The molecule has 2 aliphatic heterocycles. The summed E-state index contributed by atoms with van der Waals surface area (Å²) < 4.78 is 44.3. The van der Waals surface area contributed by atoms with E-state index >= 15 is 0 Å². The summed E-state index contributed by atoms with van der Waals surface area (Å²) in [6.45, 7) is 4.26. The molecule has 0 amide bonds. The van der Waals surface area contributed by atoms with Crippen molar-refractivity contribution in [2.75, 3.05) is 31.2 Å². The van der Waals surface area contributed by atoms with E-state index in [0.29, 0.717) is 36.5 Å². The van der Waals surface area contributed by atoms with Gasteiger partial charge in [0, 0.05) is 24.7 Å². The van der Waals surface area contributed by atoms with Crippen LogP contribution in [-0.4, -0.2) is 39.7 Å². The minimum absolute atomic E-state index is 0.0562. The molecule has 0 spiro atoms. The van der Waals surface area contributed by atoms with Crippen LogP contribution < -0.4 is 14.4 Å². The van der Waals surface area contributed by atoms with Crippen LogP contribution in [0.2, 0.25) is 0 Å². The molecule has 1 aromatic heterocycles. The fourth-order valence-electron chi connectivity index (χ4n) is 3.82. The Morgan fingerprint density at radius 3 is 2.47 bits per heavy atom. The predicted octanol–water partition coefficient (Wildman–Crippen LogP) is 3.85. The van der Waals surface area contributed by atoms with Crippen LogP contribution in [0.3, 0.4) is 0 Å². The van der Waals surface area contributed by atoms with Crippen LogP contribution in [0.1, 0.15) is 18.4 Å². The molecule has 0 atom stereocenters. The third kappa shape index (κ3) is 3.21. The molecule has 2 aliphatic rings. The molecule has 3 aromatic rings. The second-order valence-corrected chi connectivity index (χ2v) is 9.31. The summed E-state index contributed by atoms with van der Waals surface area (Å²) in [5.74, 6) is 1.58. The Hall–Kier alpha value is -3.00. The van der Waals surface area contributed by atoms with Crippen molar-refractivity contribution in [2.45, 2.75) is 29.7 Å². The number of sulfone groups is 1.